The van der Waals surface area contributed by atoms with Crippen molar-refractivity contribution in [2.24, 2.45) is 5.92 Å². The van der Waals surface area contributed by atoms with Gasteiger partial charge in [0.05, 0.1) is 39.7 Å². The molecule has 2 aliphatic heterocycles. The number of fused-ring (bicyclic) bond motifs is 2. The van der Waals surface area contributed by atoms with E-state index in [4.69, 9.17) is 16.9 Å². The molecule has 2 fully saturated rings. The van der Waals surface area contributed by atoms with Crippen LogP contribution in [0.5, 0.6) is 0 Å². The summed E-state index contributed by atoms with van der Waals surface area (Å²) < 4.78 is 28.7. The second kappa shape index (κ2) is 11.3. The molecule has 3 amide bonds. The molecule has 0 spiro atoms. The number of carbonyl (C=O) groups excluding carboxylic acids is 3. The molecule has 5 rings (SSSR count). The maximum Gasteiger partial charge on any atom is 0.262 e. The highest BCUT2D eigenvalue weighted by Gasteiger charge is 2.64. The Morgan fingerprint density at radius 1 is 1.19 bits per heavy atom. The summed E-state index contributed by atoms with van der Waals surface area (Å²) in [5, 5.41) is 12.8. The zero-order valence-corrected chi connectivity index (χ0v) is 25.6. The smallest absolute Gasteiger partial charge is 0.262 e. The van der Waals surface area contributed by atoms with E-state index in [0.29, 0.717) is 17.8 Å². The van der Waals surface area contributed by atoms with Crippen molar-refractivity contribution in [3.63, 3.8) is 0 Å². The van der Waals surface area contributed by atoms with E-state index < -0.39 is 34.1 Å². The average molecular weight is 628 g/mol. The van der Waals surface area contributed by atoms with Gasteiger partial charge in [-0.15, -0.1) is 11.3 Å². The van der Waals surface area contributed by atoms with Gasteiger partial charge in [-0.25, -0.2) is 13.1 Å². The molecule has 2 saturated heterocycles. The molecule has 1 aromatic heterocycles. The lowest BCUT2D eigenvalue weighted by Crippen LogP contribution is -2.88. The number of nitrogens with zero attached hydrogens (tertiary/aromatic N) is 3. The Kier molecular flexibility index (Phi) is 8.06. The van der Waals surface area contributed by atoms with E-state index in [1.54, 1.807) is 9.80 Å². The van der Waals surface area contributed by atoms with Crippen molar-refractivity contribution in [3.05, 3.63) is 64.0 Å². The topological polar surface area (TPSA) is 140 Å². The Balaban J connectivity index is 1.20. The number of hydrogen-bond acceptors (Lipinski definition) is 7. The van der Waals surface area contributed by atoms with Crippen LogP contribution >= 0.6 is 22.9 Å². The fourth-order valence-electron chi connectivity index (χ4n) is 5.55. The molecule has 2 N–H and O–H groups in total. The van der Waals surface area contributed by atoms with Gasteiger partial charge in [0, 0.05) is 17.8 Å². The molecular formula is C29H30ClN5O5S2. The summed E-state index contributed by atoms with van der Waals surface area (Å²) >= 11 is 7.42. The molecule has 3 aromatic rings. The molecule has 3 atom stereocenters. The first-order valence-electron chi connectivity index (χ1n) is 13.4. The van der Waals surface area contributed by atoms with Gasteiger partial charge >= 0.3 is 0 Å². The molecule has 2 aliphatic rings. The van der Waals surface area contributed by atoms with Crippen molar-refractivity contribution in [3.8, 4) is 6.07 Å². The molecule has 220 valence electrons. The van der Waals surface area contributed by atoms with E-state index in [9.17, 15) is 22.8 Å². The molecule has 0 radical (unpaired) electrons. The quantitative estimate of drug-likeness (QED) is 0.373. The minimum atomic E-state index is -4.09. The number of rotatable bonds is 9. The van der Waals surface area contributed by atoms with Crippen molar-refractivity contribution in [2.75, 3.05) is 19.6 Å². The minimum Gasteiger partial charge on any atom is -0.340 e. The van der Waals surface area contributed by atoms with Crippen LogP contribution in [0.4, 0.5) is 0 Å². The number of hydrogen-bond donors (Lipinski definition) is 2. The van der Waals surface area contributed by atoms with Gasteiger partial charge < -0.3 is 15.1 Å². The number of sulfonamides is 1. The Bertz CT molecular complexity index is 1700. The fraction of sp³-hybridized carbons (Fsp3) is 0.379. The zero-order chi connectivity index (χ0) is 30.4. The minimum absolute atomic E-state index is 0.117. The molecule has 10 nitrogen and oxygen atoms in total. The second-order valence-corrected chi connectivity index (χ2v) is 14.5. The molecule has 0 bridgehead atoms. The largest absolute Gasteiger partial charge is 0.340 e. The van der Waals surface area contributed by atoms with Gasteiger partial charge in [-0.1, -0.05) is 43.6 Å². The normalized spacial score (nSPS) is 20.3. The van der Waals surface area contributed by atoms with Gasteiger partial charge in [-0.05, 0) is 55.0 Å². The summed E-state index contributed by atoms with van der Waals surface area (Å²) in [5.41, 5.74) is -0.381. The van der Waals surface area contributed by atoms with Crippen molar-refractivity contribution < 1.29 is 22.8 Å². The molecule has 0 saturated carbocycles. The standard InChI is InChI=1S/C29H30ClN5O5S2/c1-17(2)10-21(33-27(37)23-12-19-6-4-5-7-22(19)41-23)28(38)35-15-25-29(35,3)16-34(25)26(36)14-32-42(39,40)24-9-8-18(13-31)11-20(24)30/h4-9,11-12,17,21,25,32H,10,14-16H2,1-3H3,(H,33,37)/t21?,25-,29?/m1/s1. The van der Waals surface area contributed by atoms with Crippen molar-refractivity contribution in [2.45, 2.75) is 49.7 Å². The first-order valence-corrected chi connectivity index (χ1v) is 16.1. The number of nitrogens with one attached hydrogen (secondary N) is 2. The lowest BCUT2D eigenvalue weighted by molar-refractivity contribution is -0.205. The van der Waals surface area contributed by atoms with Crippen LogP contribution < -0.4 is 10.0 Å². The number of halogens is 1. The third-order valence-electron chi connectivity index (χ3n) is 7.87. The molecule has 2 aromatic carbocycles. The summed E-state index contributed by atoms with van der Waals surface area (Å²) in [5.74, 6) is -0.754. The number of amides is 3. The van der Waals surface area contributed by atoms with Gasteiger partial charge in [-0.3, -0.25) is 14.4 Å². The van der Waals surface area contributed by atoms with Crippen LogP contribution in [0.25, 0.3) is 10.1 Å². The van der Waals surface area contributed by atoms with E-state index in [0.717, 1.165) is 10.1 Å². The van der Waals surface area contributed by atoms with E-state index in [2.05, 4.69) is 10.0 Å². The summed E-state index contributed by atoms with van der Waals surface area (Å²) in [6.07, 6.45) is 0.467. The third-order valence-corrected chi connectivity index (χ3v) is 10.9. The van der Waals surface area contributed by atoms with Gasteiger partial charge in [-0.2, -0.15) is 5.26 Å². The highest BCUT2D eigenvalue weighted by molar-refractivity contribution is 7.89. The maximum atomic E-state index is 13.7. The van der Waals surface area contributed by atoms with Gasteiger partial charge in [0.2, 0.25) is 21.8 Å². The Labute approximate surface area is 253 Å². The maximum absolute atomic E-state index is 13.7. The van der Waals surface area contributed by atoms with Gasteiger partial charge in [0.1, 0.15) is 10.9 Å². The summed E-state index contributed by atoms with van der Waals surface area (Å²) in [4.78, 5) is 43.3. The Hall–Kier alpha value is -3.50. The lowest BCUT2D eigenvalue weighted by atomic mass is 9.71. The Morgan fingerprint density at radius 2 is 1.93 bits per heavy atom. The lowest BCUT2D eigenvalue weighted by Gasteiger charge is -2.69. The second-order valence-electron chi connectivity index (χ2n) is 11.2. The van der Waals surface area contributed by atoms with Crippen LogP contribution in [-0.4, -0.2) is 73.2 Å². The molecule has 0 aliphatic carbocycles. The van der Waals surface area contributed by atoms with Crippen LogP contribution in [-0.2, 0) is 19.6 Å². The van der Waals surface area contributed by atoms with Crippen LogP contribution in [0.3, 0.4) is 0 Å². The first kappa shape index (κ1) is 30.0. The molecule has 2 unspecified atom stereocenters. The Morgan fingerprint density at radius 3 is 2.55 bits per heavy atom. The molecular weight excluding hydrogens is 598 g/mol. The number of nitriles is 1. The first-order chi connectivity index (χ1) is 19.8. The van der Waals surface area contributed by atoms with E-state index in [1.807, 2.05) is 57.2 Å². The van der Waals surface area contributed by atoms with Crippen LogP contribution in [0, 0.1) is 17.2 Å². The predicted octanol–water partition coefficient (Wildman–Crippen LogP) is 3.36. The summed E-state index contributed by atoms with van der Waals surface area (Å²) in [7, 11) is -4.09. The SMILES string of the molecule is CC(C)CC(NC(=O)c1cc2ccccc2s1)C(=O)N1C[C@H]2N(C(=O)CNS(=O)(=O)c3ccc(C#N)cc3Cl)CC21C. The van der Waals surface area contributed by atoms with Gasteiger partial charge in [0.15, 0.2) is 0 Å². The summed E-state index contributed by atoms with van der Waals surface area (Å²) in [6.45, 7) is 5.94. The van der Waals surface area contributed by atoms with Crippen molar-refractivity contribution >= 4 is 60.8 Å². The number of thiophene rings is 1. The van der Waals surface area contributed by atoms with Gasteiger partial charge in [0.25, 0.3) is 5.91 Å². The van der Waals surface area contributed by atoms with Crippen LogP contribution in [0.1, 0.15) is 42.4 Å². The average Bonchev–Trinajstić information content (AvgIpc) is 3.38. The number of piperazine rings is 1. The highest BCUT2D eigenvalue weighted by atomic mass is 35.5. The van der Waals surface area contributed by atoms with Crippen LogP contribution in [0.15, 0.2) is 53.4 Å². The number of carbonyl (C=O) groups is 3. The van der Waals surface area contributed by atoms with Crippen molar-refractivity contribution in [1.82, 2.24) is 19.8 Å². The number of likely N-dealkylation sites (tertiary alicyclic amines) is 2. The predicted molar refractivity (Wildman–Crippen MR) is 160 cm³/mol. The van der Waals surface area contributed by atoms with E-state index >= 15 is 0 Å². The molecule has 3 heterocycles. The molecule has 13 heteroatoms. The highest BCUT2D eigenvalue weighted by Crippen LogP contribution is 2.44. The monoisotopic (exact) mass is 627 g/mol. The summed E-state index contributed by atoms with van der Waals surface area (Å²) in [6, 6.07) is 14.3. The van der Waals surface area contributed by atoms with E-state index in [1.165, 1.54) is 29.5 Å². The molecule has 42 heavy (non-hydrogen) atoms. The number of benzene rings is 2. The zero-order valence-electron chi connectivity index (χ0n) is 23.3. The van der Waals surface area contributed by atoms with Crippen molar-refractivity contribution in [1.29, 1.82) is 5.26 Å². The van der Waals surface area contributed by atoms with E-state index in [-0.39, 0.29) is 45.8 Å². The third kappa shape index (κ3) is 5.49. The fourth-order valence-corrected chi connectivity index (χ4v) is 8.03. The van der Waals surface area contributed by atoms with Crippen LogP contribution in [0.2, 0.25) is 5.02 Å².